The van der Waals surface area contributed by atoms with Gasteiger partial charge >= 0.3 is 0 Å². The van der Waals surface area contributed by atoms with Crippen molar-refractivity contribution in [2.24, 2.45) is 0 Å². The van der Waals surface area contributed by atoms with Crippen LogP contribution in [0.5, 0.6) is 0 Å². The first kappa shape index (κ1) is 24.0. The van der Waals surface area contributed by atoms with Crippen molar-refractivity contribution < 1.29 is 0 Å². The molecule has 0 saturated carbocycles. The standard InChI is InChI=1S/C27H37BrSi/c1-3-24-17-21-27(22-18-24)29(2)23-13-11-9-7-5-4-6-8-10-12-14-25-15-19-26(28)20-16-25/h1,15-22,29H,4-14,23H2,2H3. The Hall–Kier alpha value is -1.30. The van der Waals surface area contributed by atoms with E-state index < -0.39 is 8.80 Å². The van der Waals surface area contributed by atoms with E-state index in [9.17, 15) is 0 Å². The lowest BCUT2D eigenvalue weighted by Gasteiger charge is -2.10. The lowest BCUT2D eigenvalue weighted by Crippen LogP contribution is -2.25. The van der Waals surface area contributed by atoms with Gasteiger partial charge in [-0.15, -0.1) is 6.42 Å². The van der Waals surface area contributed by atoms with Crippen LogP contribution in [0.25, 0.3) is 0 Å². The van der Waals surface area contributed by atoms with Gasteiger partial charge in [-0.25, -0.2) is 0 Å². The van der Waals surface area contributed by atoms with Crippen molar-refractivity contribution in [1.82, 2.24) is 0 Å². The molecule has 0 N–H and O–H groups in total. The molecule has 0 fully saturated rings. The second-order valence-electron chi connectivity index (χ2n) is 8.37. The van der Waals surface area contributed by atoms with Crippen molar-refractivity contribution in [1.29, 1.82) is 0 Å². The summed E-state index contributed by atoms with van der Waals surface area (Å²) in [5, 5.41) is 1.56. The number of terminal acetylenes is 1. The smallest absolute Gasteiger partial charge is 0.0677 e. The summed E-state index contributed by atoms with van der Waals surface area (Å²) in [4.78, 5) is 0. The van der Waals surface area contributed by atoms with Gasteiger partial charge < -0.3 is 0 Å². The Morgan fingerprint density at radius 2 is 1.24 bits per heavy atom. The lowest BCUT2D eigenvalue weighted by atomic mass is 10.0. The molecule has 156 valence electrons. The van der Waals surface area contributed by atoms with Crippen molar-refractivity contribution in [3.63, 3.8) is 0 Å². The Kier molecular flexibility index (Phi) is 12.1. The number of halogens is 1. The van der Waals surface area contributed by atoms with E-state index in [1.165, 1.54) is 86.7 Å². The molecule has 0 heterocycles. The molecule has 0 aliphatic rings. The Morgan fingerprint density at radius 1 is 0.724 bits per heavy atom. The van der Waals surface area contributed by atoms with E-state index in [0.717, 1.165) is 5.56 Å². The van der Waals surface area contributed by atoms with Crippen LogP contribution in [0.1, 0.15) is 75.3 Å². The van der Waals surface area contributed by atoms with E-state index in [-0.39, 0.29) is 0 Å². The zero-order valence-corrected chi connectivity index (χ0v) is 20.9. The van der Waals surface area contributed by atoms with Crippen molar-refractivity contribution in [2.45, 2.75) is 83.2 Å². The Bertz CT molecular complexity index is 712. The van der Waals surface area contributed by atoms with E-state index in [2.05, 4.69) is 76.9 Å². The predicted octanol–water partition coefficient (Wildman–Crippen LogP) is 7.64. The van der Waals surface area contributed by atoms with Gasteiger partial charge in [0.05, 0.1) is 8.80 Å². The Morgan fingerprint density at radius 3 is 1.79 bits per heavy atom. The van der Waals surface area contributed by atoms with Crippen molar-refractivity contribution >= 4 is 29.9 Å². The molecule has 0 aromatic heterocycles. The van der Waals surface area contributed by atoms with Gasteiger partial charge in [0.2, 0.25) is 0 Å². The zero-order chi connectivity index (χ0) is 20.7. The normalized spacial score (nSPS) is 11.9. The van der Waals surface area contributed by atoms with Gasteiger partial charge in [-0.05, 0) is 42.7 Å². The molecule has 29 heavy (non-hydrogen) atoms. The van der Waals surface area contributed by atoms with E-state index >= 15 is 0 Å². The first-order chi connectivity index (χ1) is 14.2. The molecule has 0 aliphatic carbocycles. The van der Waals surface area contributed by atoms with Gasteiger partial charge in [0.25, 0.3) is 0 Å². The van der Waals surface area contributed by atoms with Crippen LogP contribution in [0.3, 0.4) is 0 Å². The monoisotopic (exact) mass is 468 g/mol. The minimum absolute atomic E-state index is 0.770. The summed E-state index contributed by atoms with van der Waals surface area (Å²) in [6.45, 7) is 2.47. The quantitative estimate of drug-likeness (QED) is 0.152. The molecule has 0 aliphatic heterocycles. The molecule has 1 unspecified atom stereocenters. The number of unbranched alkanes of at least 4 members (excludes halogenated alkanes) is 9. The maximum atomic E-state index is 5.44. The molecule has 1 atom stereocenters. The maximum Gasteiger partial charge on any atom is 0.0677 e. The maximum absolute atomic E-state index is 5.44. The third-order valence-electron chi connectivity index (χ3n) is 5.91. The third kappa shape index (κ3) is 10.3. The van der Waals surface area contributed by atoms with Crippen molar-refractivity contribution in [3.8, 4) is 12.3 Å². The van der Waals surface area contributed by atoms with Crippen LogP contribution in [-0.4, -0.2) is 8.80 Å². The van der Waals surface area contributed by atoms with Gasteiger partial charge in [0, 0.05) is 10.0 Å². The first-order valence-electron chi connectivity index (χ1n) is 11.5. The highest BCUT2D eigenvalue weighted by Crippen LogP contribution is 2.15. The summed E-state index contributed by atoms with van der Waals surface area (Å²) in [6, 6.07) is 18.9. The number of benzene rings is 2. The van der Waals surface area contributed by atoms with Gasteiger partial charge in [0.1, 0.15) is 0 Å². The second kappa shape index (κ2) is 14.6. The lowest BCUT2D eigenvalue weighted by molar-refractivity contribution is 0.556. The summed E-state index contributed by atoms with van der Waals surface area (Å²) < 4.78 is 1.17. The fourth-order valence-electron chi connectivity index (χ4n) is 3.92. The number of aryl methyl sites for hydroxylation is 1. The fourth-order valence-corrected chi connectivity index (χ4v) is 6.27. The van der Waals surface area contributed by atoms with Gasteiger partial charge in [-0.2, -0.15) is 0 Å². The summed E-state index contributed by atoms with van der Waals surface area (Å²) in [7, 11) is -0.770. The van der Waals surface area contributed by atoms with Gasteiger partial charge in [-0.3, -0.25) is 0 Å². The van der Waals surface area contributed by atoms with E-state index in [0.29, 0.717) is 0 Å². The largest absolute Gasteiger partial charge is 0.115 e. The minimum atomic E-state index is -0.770. The zero-order valence-electron chi connectivity index (χ0n) is 18.1. The Labute approximate surface area is 189 Å². The number of rotatable bonds is 14. The summed E-state index contributed by atoms with van der Waals surface area (Å²) >= 11 is 3.50. The SMILES string of the molecule is C#Cc1ccc([SiH](C)CCCCCCCCCCCCc2ccc(Br)cc2)cc1. The van der Waals surface area contributed by atoms with Crippen LogP contribution in [-0.2, 0) is 6.42 Å². The van der Waals surface area contributed by atoms with E-state index in [1.54, 1.807) is 5.19 Å². The average Bonchev–Trinajstić information content (AvgIpc) is 2.75. The van der Waals surface area contributed by atoms with E-state index in [4.69, 9.17) is 6.42 Å². The molecule has 0 radical (unpaired) electrons. The Balaban J connectivity index is 1.38. The highest BCUT2D eigenvalue weighted by molar-refractivity contribution is 9.10. The first-order valence-corrected chi connectivity index (χ1v) is 14.8. The molecule has 0 saturated heterocycles. The van der Waals surface area contributed by atoms with Crippen LogP contribution in [0.15, 0.2) is 53.0 Å². The molecular formula is C27H37BrSi. The van der Waals surface area contributed by atoms with Crippen LogP contribution < -0.4 is 5.19 Å². The second-order valence-corrected chi connectivity index (χ2v) is 12.3. The predicted molar refractivity (Wildman–Crippen MR) is 136 cm³/mol. The highest BCUT2D eigenvalue weighted by Gasteiger charge is 2.06. The topological polar surface area (TPSA) is 0 Å². The molecule has 0 amide bonds. The minimum Gasteiger partial charge on any atom is -0.115 e. The van der Waals surface area contributed by atoms with Gasteiger partial charge in [-0.1, -0.05) is 122 Å². The summed E-state index contributed by atoms with van der Waals surface area (Å²) in [5.74, 6) is 2.71. The fraction of sp³-hybridized carbons (Fsp3) is 0.481. The third-order valence-corrected chi connectivity index (χ3v) is 9.24. The van der Waals surface area contributed by atoms with Crippen LogP contribution >= 0.6 is 15.9 Å². The van der Waals surface area contributed by atoms with Crippen molar-refractivity contribution in [3.05, 3.63) is 64.1 Å². The summed E-state index contributed by atoms with van der Waals surface area (Å²) in [5.41, 5.74) is 2.47. The molecule has 2 rings (SSSR count). The van der Waals surface area contributed by atoms with Gasteiger partial charge in [0.15, 0.2) is 0 Å². The highest BCUT2D eigenvalue weighted by atomic mass is 79.9. The van der Waals surface area contributed by atoms with Crippen molar-refractivity contribution in [2.75, 3.05) is 0 Å². The van der Waals surface area contributed by atoms with Crippen LogP contribution in [0.4, 0.5) is 0 Å². The average molecular weight is 470 g/mol. The summed E-state index contributed by atoms with van der Waals surface area (Å²) in [6.07, 6.45) is 20.7. The molecule has 2 aromatic rings. The molecule has 2 heteroatoms. The van der Waals surface area contributed by atoms with Crippen LogP contribution in [0, 0.1) is 12.3 Å². The molecular weight excluding hydrogens is 432 g/mol. The number of hydrogen-bond acceptors (Lipinski definition) is 0. The molecule has 0 spiro atoms. The molecule has 2 aromatic carbocycles. The molecule has 0 nitrogen and oxygen atoms in total. The van der Waals surface area contributed by atoms with E-state index in [1.807, 2.05) is 0 Å². The number of hydrogen-bond donors (Lipinski definition) is 0. The molecule has 0 bridgehead atoms. The van der Waals surface area contributed by atoms with Crippen LogP contribution in [0.2, 0.25) is 12.6 Å².